The maximum absolute atomic E-state index is 12.8. The van der Waals surface area contributed by atoms with E-state index >= 15 is 0 Å². The molecule has 0 aliphatic rings. The fourth-order valence-corrected chi connectivity index (χ4v) is 3.44. The van der Waals surface area contributed by atoms with Crippen LogP contribution in [0.3, 0.4) is 0 Å². The number of nitrogens with one attached hydrogen (secondary N) is 2. The molecule has 118 valence electrons. The Bertz CT molecular complexity index is 727. The zero-order valence-electron chi connectivity index (χ0n) is 11.9. The molecule has 0 saturated carbocycles. The molecule has 2 aromatic rings. The first kappa shape index (κ1) is 16.2. The van der Waals surface area contributed by atoms with E-state index in [-0.39, 0.29) is 23.1 Å². The normalized spacial score (nSPS) is 12.8. The average molecular weight is 325 g/mol. The van der Waals surface area contributed by atoms with Gasteiger partial charge in [-0.05, 0) is 30.3 Å². The van der Waals surface area contributed by atoms with Crippen LogP contribution in [0.4, 0.5) is 4.39 Å². The van der Waals surface area contributed by atoms with Gasteiger partial charge in [-0.3, -0.25) is 9.89 Å². The molecule has 6 nitrogen and oxygen atoms in total. The molecule has 1 heterocycles. The highest BCUT2D eigenvalue weighted by molar-refractivity contribution is 7.91. The van der Waals surface area contributed by atoms with Crippen LogP contribution < -0.4 is 5.32 Å². The molecule has 0 saturated heterocycles. The quantitative estimate of drug-likeness (QED) is 0.783. The number of hydrogen-bond donors (Lipinski definition) is 2. The van der Waals surface area contributed by atoms with Crippen molar-refractivity contribution in [2.24, 2.45) is 5.92 Å². The Hall–Kier alpha value is -2.22. The summed E-state index contributed by atoms with van der Waals surface area (Å²) >= 11 is 0. The number of carbonyl (C=O) groups is 1. The summed E-state index contributed by atoms with van der Waals surface area (Å²) in [6.07, 6.45) is 1.56. The van der Waals surface area contributed by atoms with Gasteiger partial charge in [0.25, 0.3) is 0 Å². The molecule has 0 aliphatic carbocycles. The highest BCUT2D eigenvalue weighted by Crippen LogP contribution is 2.15. The van der Waals surface area contributed by atoms with Crippen molar-refractivity contribution < 1.29 is 17.6 Å². The van der Waals surface area contributed by atoms with E-state index in [1.165, 1.54) is 19.1 Å². The second-order valence-corrected chi connectivity index (χ2v) is 6.97. The Morgan fingerprint density at radius 2 is 2.00 bits per heavy atom. The van der Waals surface area contributed by atoms with E-state index in [1.807, 2.05) is 0 Å². The van der Waals surface area contributed by atoms with Crippen molar-refractivity contribution in [2.75, 3.05) is 5.75 Å². The van der Waals surface area contributed by atoms with Gasteiger partial charge in [-0.15, -0.1) is 0 Å². The van der Waals surface area contributed by atoms with E-state index in [0.29, 0.717) is 0 Å². The van der Waals surface area contributed by atoms with Gasteiger partial charge in [0.15, 0.2) is 9.84 Å². The lowest BCUT2D eigenvalue weighted by Gasteiger charge is -2.12. The topological polar surface area (TPSA) is 91.9 Å². The van der Waals surface area contributed by atoms with Crippen LogP contribution in [0.15, 0.2) is 41.4 Å². The first-order valence-electron chi connectivity index (χ1n) is 6.63. The lowest BCUT2D eigenvalue weighted by Crippen LogP contribution is -2.32. The fraction of sp³-hybridized carbons (Fsp3) is 0.286. The predicted octanol–water partition coefficient (Wildman–Crippen LogP) is 1.27. The number of H-pyrrole nitrogens is 1. The van der Waals surface area contributed by atoms with E-state index in [4.69, 9.17) is 0 Å². The van der Waals surface area contributed by atoms with Crippen LogP contribution in [0.2, 0.25) is 0 Å². The molecule has 8 heteroatoms. The Morgan fingerprint density at radius 3 is 2.59 bits per heavy atom. The van der Waals surface area contributed by atoms with Crippen molar-refractivity contribution >= 4 is 15.7 Å². The van der Waals surface area contributed by atoms with Crippen LogP contribution in [-0.2, 0) is 21.2 Å². The third kappa shape index (κ3) is 4.14. The van der Waals surface area contributed by atoms with Gasteiger partial charge in [0.1, 0.15) is 5.82 Å². The summed E-state index contributed by atoms with van der Waals surface area (Å²) in [4.78, 5) is 11.9. The van der Waals surface area contributed by atoms with E-state index in [9.17, 15) is 17.6 Å². The number of benzene rings is 1. The van der Waals surface area contributed by atoms with Gasteiger partial charge in [0, 0.05) is 12.1 Å². The van der Waals surface area contributed by atoms with Gasteiger partial charge < -0.3 is 5.32 Å². The minimum Gasteiger partial charge on any atom is -0.350 e. The molecular formula is C14H16FN3O3S. The highest BCUT2D eigenvalue weighted by Gasteiger charge is 2.23. The standard InChI is InChI=1S/C14H16FN3O3S/c1-10(14(19)16-8-12-6-7-17-18-12)9-22(20,21)13-4-2-11(15)3-5-13/h2-7,10H,8-9H2,1H3,(H,16,19)(H,17,18). The lowest BCUT2D eigenvalue weighted by molar-refractivity contribution is -0.124. The van der Waals surface area contributed by atoms with Crippen molar-refractivity contribution in [2.45, 2.75) is 18.4 Å². The molecule has 1 aromatic carbocycles. The maximum Gasteiger partial charge on any atom is 0.224 e. The molecule has 0 fully saturated rings. The summed E-state index contributed by atoms with van der Waals surface area (Å²) in [5.41, 5.74) is 0.724. The molecule has 1 atom stereocenters. The van der Waals surface area contributed by atoms with Crippen molar-refractivity contribution in [1.29, 1.82) is 0 Å². The number of aromatic amines is 1. The number of sulfone groups is 1. The average Bonchev–Trinajstić information content (AvgIpc) is 2.98. The second-order valence-electron chi connectivity index (χ2n) is 4.94. The largest absolute Gasteiger partial charge is 0.350 e. The van der Waals surface area contributed by atoms with Crippen LogP contribution in [0.1, 0.15) is 12.6 Å². The number of amides is 1. The van der Waals surface area contributed by atoms with Crippen molar-refractivity contribution in [3.8, 4) is 0 Å². The van der Waals surface area contributed by atoms with Crippen molar-refractivity contribution in [1.82, 2.24) is 15.5 Å². The molecule has 22 heavy (non-hydrogen) atoms. The predicted molar refractivity (Wildman–Crippen MR) is 78.1 cm³/mol. The molecule has 0 spiro atoms. The summed E-state index contributed by atoms with van der Waals surface area (Å²) in [6.45, 7) is 1.78. The Kier molecular flexibility index (Phi) is 4.92. The van der Waals surface area contributed by atoms with Crippen LogP contribution in [0.25, 0.3) is 0 Å². The third-order valence-electron chi connectivity index (χ3n) is 3.10. The third-order valence-corrected chi connectivity index (χ3v) is 5.03. The summed E-state index contributed by atoms with van der Waals surface area (Å²) in [5.74, 6) is -1.95. The van der Waals surface area contributed by atoms with Gasteiger partial charge in [-0.1, -0.05) is 6.92 Å². The summed E-state index contributed by atoms with van der Waals surface area (Å²) in [5, 5.41) is 9.07. The number of nitrogens with zero attached hydrogens (tertiary/aromatic N) is 1. The van der Waals surface area contributed by atoms with Gasteiger partial charge in [0.2, 0.25) is 5.91 Å². The van der Waals surface area contributed by atoms with Gasteiger partial charge >= 0.3 is 0 Å². The SMILES string of the molecule is CC(CS(=O)(=O)c1ccc(F)cc1)C(=O)NCc1ccn[nH]1. The number of rotatable bonds is 6. The molecule has 0 radical (unpaired) electrons. The summed E-state index contributed by atoms with van der Waals surface area (Å²) in [7, 11) is -3.64. The number of halogens is 1. The second kappa shape index (κ2) is 6.69. The maximum atomic E-state index is 12.8. The minimum atomic E-state index is -3.64. The molecule has 0 aliphatic heterocycles. The molecular weight excluding hydrogens is 309 g/mol. The van der Waals surface area contributed by atoms with E-state index < -0.39 is 21.6 Å². The monoisotopic (exact) mass is 325 g/mol. The van der Waals surface area contributed by atoms with Crippen LogP contribution in [0.5, 0.6) is 0 Å². The first-order valence-corrected chi connectivity index (χ1v) is 8.28. The molecule has 2 rings (SSSR count). The van der Waals surface area contributed by atoms with Crippen LogP contribution >= 0.6 is 0 Å². The zero-order chi connectivity index (χ0) is 16.2. The molecule has 1 unspecified atom stereocenters. The Labute approximate surface area is 127 Å². The molecule has 1 aromatic heterocycles. The minimum absolute atomic E-state index is 0.00196. The van der Waals surface area contributed by atoms with Crippen LogP contribution in [-0.4, -0.2) is 30.3 Å². The van der Waals surface area contributed by atoms with Gasteiger partial charge in [0.05, 0.1) is 22.9 Å². The highest BCUT2D eigenvalue weighted by atomic mass is 32.2. The van der Waals surface area contributed by atoms with Crippen molar-refractivity contribution in [3.63, 3.8) is 0 Å². The smallest absolute Gasteiger partial charge is 0.224 e. The number of carbonyl (C=O) groups excluding carboxylic acids is 1. The van der Waals surface area contributed by atoms with Crippen molar-refractivity contribution in [3.05, 3.63) is 48.0 Å². The van der Waals surface area contributed by atoms with Gasteiger partial charge in [-0.2, -0.15) is 5.10 Å². The number of aromatic nitrogens is 2. The first-order chi connectivity index (χ1) is 10.4. The summed E-state index contributed by atoms with van der Waals surface area (Å²) in [6, 6.07) is 6.26. The lowest BCUT2D eigenvalue weighted by atomic mass is 10.2. The zero-order valence-corrected chi connectivity index (χ0v) is 12.7. The van der Waals surface area contributed by atoms with Gasteiger partial charge in [-0.25, -0.2) is 12.8 Å². The summed E-state index contributed by atoms with van der Waals surface area (Å²) < 4.78 is 37.2. The Balaban J connectivity index is 1.96. The molecule has 1 amide bonds. The molecule has 0 bridgehead atoms. The van der Waals surface area contributed by atoms with E-state index in [1.54, 1.807) is 12.3 Å². The van der Waals surface area contributed by atoms with E-state index in [0.717, 1.165) is 17.8 Å². The molecule has 2 N–H and O–H groups in total. The van der Waals surface area contributed by atoms with Crippen LogP contribution in [0, 0.1) is 11.7 Å². The van der Waals surface area contributed by atoms with E-state index in [2.05, 4.69) is 15.5 Å². The number of hydrogen-bond acceptors (Lipinski definition) is 4. The Morgan fingerprint density at radius 1 is 1.32 bits per heavy atom. The fourth-order valence-electron chi connectivity index (χ4n) is 1.88.